The Bertz CT molecular complexity index is 606. The van der Waals surface area contributed by atoms with E-state index in [9.17, 15) is 0 Å². The minimum absolute atomic E-state index is 0.342. The number of nitrogen functional groups attached to an aromatic ring is 1. The van der Waals surface area contributed by atoms with Gasteiger partial charge >= 0.3 is 0 Å². The van der Waals surface area contributed by atoms with Crippen LogP contribution in [-0.2, 0) is 0 Å². The molecule has 19 heavy (non-hydrogen) atoms. The van der Waals surface area contributed by atoms with Gasteiger partial charge in [-0.15, -0.1) is 0 Å². The third kappa shape index (κ3) is 2.03. The Kier molecular flexibility index (Phi) is 2.85. The molecule has 0 bridgehead atoms. The summed E-state index contributed by atoms with van der Waals surface area (Å²) < 4.78 is 2.11. The summed E-state index contributed by atoms with van der Waals surface area (Å²) in [6.45, 7) is 6.31. The highest BCUT2D eigenvalue weighted by molar-refractivity contribution is 5.74. The predicted molar refractivity (Wildman–Crippen MR) is 79.2 cm³/mol. The molecule has 1 saturated carbocycles. The van der Waals surface area contributed by atoms with Crippen LogP contribution in [0.15, 0.2) is 24.3 Å². The first-order valence-electron chi connectivity index (χ1n) is 7.03. The normalized spacial score (nSPS) is 15.2. The molecule has 1 fully saturated rings. The van der Waals surface area contributed by atoms with Gasteiger partial charge in [-0.25, -0.2) is 4.98 Å². The molecule has 0 amide bonds. The van der Waals surface area contributed by atoms with Crippen molar-refractivity contribution in [2.75, 3.05) is 5.73 Å². The Morgan fingerprint density at radius 3 is 2.53 bits per heavy atom. The molecule has 1 aliphatic carbocycles. The van der Waals surface area contributed by atoms with Crippen LogP contribution in [0.4, 0.5) is 5.82 Å². The van der Waals surface area contributed by atoms with Crippen LogP contribution >= 0.6 is 0 Å². The largest absolute Gasteiger partial charge is 0.383 e. The number of imidazole rings is 1. The molecule has 2 aromatic rings. The average Bonchev–Trinajstić information content (AvgIpc) is 3.15. The van der Waals surface area contributed by atoms with Crippen LogP contribution in [0.2, 0.25) is 0 Å². The zero-order valence-electron chi connectivity index (χ0n) is 11.9. The van der Waals surface area contributed by atoms with Crippen molar-refractivity contribution in [2.24, 2.45) is 0 Å². The molecule has 2 N–H and O–H groups in total. The highest BCUT2D eigenvalue weighted by Gasteiger charge is 2.28. The number of aromatic nitrogens is 2. The van der Waals surface area contributed by atoms with E-state index in [2.05, 4.69) is 42.7 Å². The first-order valence-corrected chi connectivity index (χ1v) is 7.03. The Labute approximate surface area is 114 Å². The summed E-state index contributed by atoms with van der Waals surface area (Å²) in [5, 5.41) is 0. The monoisotopic (exact) mass is 255 g/mol. The summed E-state index contributed by atoms with van der Waals surface area (Å²) >= 11 is 0. The topological polar surface area (TPSA) is 43.8 Å². The third-order valence-electron chi connectivity index (χ3n) is 3.87. The van der Waals surface area contributed by atoms with Gasteiger partial charge in [0, 0.05) is 11.6 Å². The van der Waals surface area contributed by atoms with Crippen molar-refractivity contribution in [3.63, 3.8) is 0 Å². The van der Waals surface area contributed by atoms with Crippen LogP contribution in [0.5, 0.6) is 0 Å². The second kappa shape index (κ2) is 4.41. The number of benzene rings is 1. The summed E-state index contributed by atoms with van der Waals surface area (Å²) in [5.41, 5.74) is 9.90. The Hall–Kier alpha value is -1.77. The molecule has 0 radical (unpaired) electrons. The van der Waals surface area contributed by atoms with Gasteiger partial charge in [-0.2, -0.15) is 0 Å². The molecule has 0 spiro atoms. The number of nitrogens with zero attached hydrogens (tertiary/aromatic N) is 2. The van der Waals surface area contributed by atoms with E-state index < -0.39 is 0 Å². The summed E-state index contributed by atoms with van der Waals surface area (Å²) in [6.07, 6.45) is 2.58. The van der Waals surface area contributed by atoms with E-state index in [1.165, 1.54) is 24.0 Å². The quantitative estimate of drug-likeness (QED) is 0.904. The van der Waals surface area contributed by atoms with Gasteiger partial charge in [0.25, 0.3) is 0 Å². The van der Waals surface area contributed by atoms with Crippen molar-refractivity contribution < 1.29 is 0 Å². The lowest BCUT2D eigenvalue weighted by atomic mass is 10.0. The van der Waals surface area contributed by atoms with Crippen molar-refractivity contribution in [1.82, 2.24) is 9.55 Å². The minimum atomic E-state index is 0.342. The van der Waals surface area contributed by atoms with Crippen LogP contribution in [-0.4, -0.2) is 9.55 Å². The Balaban J connectivity index is 2.15. The van der Waals surface area contributed by atoms with Gasteiger partial charge in [-0.05, 0) is 45.1 Å². The summed E-state index contributed by atoms with van der Waals surface area (Å²) in [6, 6.07) is 8.89. The van der Waals surface area contributed by atoms with Crippen LogP contribution in [0.1, 0.15) is 50.0 Å². The van der Waals surface area contributed by atoms with E-state index in [4.69, 9.17) is 10.7 Å². The zero-order chi connectivity index (χ0) is 13.6. The van der Waals surface area contributed by atoms with Gasteiger partial charge in [-0.3, -0.25) is 0 Å². The molecular weight excluding hydrogens is 234 g/mol. The van der Waals surface area contributed by atoms with E-state index in [1.807, 2.05) is 6.92 Å². The van der Waals surface area contributed by atoms with E-state index in [1.54, 1.807) is 0 Å². The number of hydrogen-bond acceptors (Lipinski definition) is 2. The van der Waals surface area contributed by atoms with Crippen molar-refractivity contribution in [1.29, 1.82) is 0 Å². The van der Waals surface area contributed by atoms with Crippen molar-refractivity contribution >= 4 is 5.82 Å². The molecule has 0 aliphatic heterocycles. The Morgan fingerprint density at radius 2 is 1.95 bits per heavy atom. The van der Waals surface area contributed by atoms with E-state index in [-0.39, 0.29) is 0 Å². The number of anilines is 1. The number of nitrogens with two attached hydrogens (primary N) is 1. The SMILES string of the molecule is Cc1nc(-c2ccccc2C2CC2)c(N)n1C(C)C. The van der Waals surface area contributed by atoms with E-state index >= 15 is 0 Å². The molecule has 1 heterocycles. The van der Waals surface area contributed by atoms with Gasteiger partial charge in [0.05, 0.1) is 0 Å². The van der Waals surface area contributed by atoms with Gasteiger partial charge in [-0.1, -0.05) is 24.3 Å². The van der Waals surface area contributed by atoms with E-state index in [0.717, 1.165) is 17.3 Å². The Morgan fingerprint density at radius 1 is 1.26 bits per heavy atom. The number of hydrogen-bond donors (Lipinski definition) is 1. The predicted octanol–water partition coefficient (Wildman–Crippen LogP) is 3.90. The molecule has 0 saturated heterocycles. The second-order valence-corrected chi connectivity index (χ2v) is 5.72. The van der Waals surface area contributed by atoms with Crippen molar-refractivity contribution in [3.8, 4) is 11.3 Å². The number of rotatable bonds is 3. The molecule has 0 atom stereocenters. The fourth-order valence-electron chi connectivity index (χ4n) is 2.87. The molecule has 3 heteroatoms. The molecule has 1 aromatic heterocycles. The van der Waals surface area contributed by atoms with Crippen LogP contribution in [0.3, 0.4) is 0 Å². The first-order chi connectivity index (χ1) is 9.09. The van der Waals surface area contributed by atoms with Crippen LogP contribution in [0, 0.1) is 6.92 Å². The maximum atomic E-state index is 6.33. The summed E-state index contributed by atoms with van der Waals surface area (Å²) in [7, 11) is 0. The van der Waals surface area contributed by atoms with Crippen LogP contribution in [0.25, 0.3) is 11.3 Å². The fraction of sp³-hybridized carbons (Fsp3) is 0.438. The van der Waals surface area contributed by atoms with E-state index in [0.29, 0.717) is 12.0 Å². The average molecular weight is 255 g/mol. The highest BCUT2D eigenvalue weighted by Crippen LogP contribution is 2.45. The zero-order valence-corrected chi connectivity index (χ0v) is 11.9. The van der Waals surface area contributed by atoms with Gasteiger partial charge in [0.1, 0.15) is 17.3 Å². The summed E-state index contributed by atoms with van der Waals surface area (Å²) in [4.78, 5) is 4.71. The maximum Gasteiger partial charge on any atom is 0.131 e. The molecule has 0 unspecified atom stereocenters. The minimum Gasteiger partial charge on any atom is -0.383 e. The highest BCUT2D eigenvalue weighted by atomic mass is 15.2. The molecule has 3 rings (SSSR count). The van der Waals surface area contributed by atoms with Gasteiger partial charge in [0.2, 0.25) is 0 Å². The number of aryl methyl sites for hydroxylation is 1. The molecule has 1 aromatic carbocycles. The maximum absolute atomic E-state index is 6.33. The lowest BCUT2D eigenvalue weighted by molar-refractivity contribution is 0.590. The fourth-order valence-corrected chi connectivity index (χ4v) is 2.87. The second-order valence-electron chi connectivity index (χ2n) is 5.72. The lowest BCUT2D eigenvalue weighted by Gasteiger charge is -2.12. The van der Waals surface area contributed by atoms with Gasteiger partial charge in [0.15, 0.2) is 0 Å². The van der Waals surface area contributed by atoms with Gasteiger partial charge < -0.3 is 10.3 Å². The molecule has 3 nitrogen and oxygen atoms in total. The van der Waals surface area contributed by atoms with Crippen LogP contribution < -0.4 is 5.73 Å². The first kappa shape index (κ1) is 12.3. The molecule has 100 valence electrons. The van der Waals surface area contributed by atoms with Crippen molar-refractivity contribution in [3.05, 3.63) is 35.7 Å². The standard InChI is InChI=1S/C16H21N3/c1-10(2)19-11(3)18-15(16(19)17)14-7-5-4-6-13(14)12-8-9-12/h4-7,10,12H,8-9,17H2,1-3H3. The molecule has 1 aliphatic rings. The summed E-state index contributed by atoms with van der Waals surface area (Å²) in [5.74, 6) is 2.49. The van der Waals surface area contributed by atoms with Crippen molar-refractivity contribution in [2.45, 2.75) is 45.6 Å². The smallest absolute Gasteiger partial charge is 0.131 e. The third-order valence-corrected chi connectivity index (χ3v) is 3.87. The molecular formula is C16H21N3. The lowest BCUT2D eigenvalue weighted by Crippen LogP contribution is -2.07.